The normalized spacial score (nSPS) is 16.6. The zero-order valence-corrected chi connectivity index (χ0v) is 16.4. The van der Waals surface area contributed by atoms with Gasteiger partial charge in [-0.15, -0.1) is 10.2 Å². The third-order valence-corrected chi connectivity index (χ3v) is 5.53. The lowest BCUT2D eigenvalue weighted by Crippen LogP contribution is -2.38. The fourth-order valence-corrected chi connectivity index (χ4v) is 3.95. The van der Waals surface area contributed by atoms with Gasteiger partial charge in [0.25, 0.3) is 0 Å². The summed E-state index contributed by atoms with van der Waals surface area (Å²) in [7, 11) is 1.90. The minimum Gasteiger partial charge on any atom is -0.453 e. The smallest absolute Gasteiger partial charge is 0.220 e. The Bertz CT molecular complexity index is 925. The molecule has 0 bridgehead atoms. The molecule has 0 aliphatic carbocycles. The summed E-state index contributed by atoms with van der Waals surface area (Å²) in [6.45, 7) is 2.09. The minimum absolute atomic E-state index is 0.128. The fraction of sp³-hybridized carbons (Fsp3) is 0.368. The number of aryl methyl sites for hydroxylation is 1. The average Bonchev–Trinajstić information content (AvgIpc) is 3.40. The van der Waals surface area contributed by atoms with Crippen molar-refractivity contribution in [3.8, 4) is 0 Å². The Balaban J connectivity index is 1.44. The Morgan fingerprint density at radius 2 is 2.25 bits per heavy atom. The molecular weight excluding hydrogens is 376 g/mol. The van der Waals surface area contributed by atoms with E-state index in [2.05, 4.69) is 25.4 Å². The van der Waals surface area contributed by atoms with E-state index in [9.17, 15) is 4.79 Å². The van der Waals surface area contributed by atoms with Gasteiger partial charge < -0.3 is 14.3 Å². The number of rotatable bonds is 8. The minimum atomic E-state index is 0.128. The van der Waals surface area contributed by atoms with E-state index in [4.69, 9.17) is 4.42 Å². The quantitative estimate of drug-likeness (QED) is 0.622. The van der Waals surface area contributed by atoms with Crippen LogP contribution in [0.1, 0.15) is 24.3 Å². The van der Waals surface area contributed by atoms with Gasteiger partial charge in [0.15, 0.2) is 10.2 Å². The standard InChI is InChI=1S/C19H22N6O2S/c1-24-13-21-23-19(24)28-18-8-6-16(27-18)12-25(10-14-4-2-3-9-20-14)11-15-5-7-17(26)22-15/h2-4,6,8-9,13,15H,5,7,10-12H2,1H3,(H,22,26)/t15-/m0/s1. The first-order valence-corrected chi connectivity index (χ1v) is 9.99. The van der Waals surface area contributed by atoms with Crippen LogP contribution in [0.15, 0.2) is 57.5 Å². The molecule has 0 unspecified atom stereocenters. The second kappa shape index (κ2) is 8.57. The number of aromatic nitrogens is 4. The highest BCUT2D eigenvalue weighted by atomic mass is 32.2. The SMILES string of the molecule is Cn1cnnc1Sc1ccc(CN(Cc2ccccn2)C[C@@H]2CCC(=O)N2)o1. The van der Waals surface area contributed by atoms with Crippen LogP contribution in [0.3, 0.4) is 0 Å². The third-order valence-electron chi connectivity index (χ3n) is 4.55. The molecule has 1 aliphatic heterocycles. The molecule has 0 aromatic carbocycles. The lowest BCUT2D eigenvalue weighted by Gasteiger charge is -2.24. The summed E-state index contributed by atoms with van der Waals surface area (Å²) in [6, 6.07) is 10.0. The molecule has 0 saturated carbocycles. The van der Waals surface area contributed by atoms with Crippen molar-refractivity contribution in [3.63, 3.8) is 0 Å². The molecule has 1 amide bonds. The lowest BCUT2D eigenvalue weighted by atomic mass is 10.2. The number of amides is 1. The molecule has 1 fully saturated rings. The van der Waals surface area contributed by atoms with Crippen LogP contribution in [0.5, 0.6) is 0 Å². The fourth-order valence-electron chi connectivity index (χ4n) is 3.21. The summed E-state index contributed by atoms with van der Waals surface area (Å²) in [4.78, 5) is 18.2. The molecule has 4 heterocycles. The van der Waals surface area contributed by atoms with Crippen LogP contribution >= 0.6 is 11.8 Å². The number of carbonyl (C=O) groups is 1. The van der Waals surface area contributed by atoms with E-state index < -0.39 is 0 Å². The van der Waals surface area contributed by atoms with E-state index in [1.54, 1.807) is 12.5 Å². The largest absolute Gasteiger partial charge is 0.453 e. The molecule has 1 N–H and O–H groups in total. The average molecular weight is 398 g/mol. The zero-order chi connectivity index (χ0) is 19.3. The summed E-state index contributed by atoms with van der Waals surface area (Å²) >= 11 is 1.44. The summed E-state index contributed by atoms with van der Waals surface area (Å²) in [5.41, 5.74) is 0.993. The summed E-state index contributed by atoms with van der Waals surface area (Å²) in [6.07, 6.45) is 4.92. The molecule has 1 aliphatic rings. The predicted octanol–water partition coefficient (Wildman–Crippen LogP) is 2.24. The second-order valence-electron chi connectivity index (χ2n) is 6.84. The molecule has 4 rings (SSSR count). The van der Waals surface area contributed by atoms with E-state index in [1.807, 2.05) is 41.9 Å². The second-order valence-corrected chi connectivity index (χ2v) is 7.81. The van der Waals surface area contributed by atoms with E-state index >= 15 is 0 Å². The molecule has 3 aromatic rings. The number of carbonyl (C=O) groups excluding carboxylic acids is 1. The summed E-state index contributed by atoms with van der Waals surface area (Å²) < 4.78 is 7.85. The Kier molecular flexibility index (Phi) is 5.73. The Morgan fingerprint density at radius 1 is 1.32 bits per heavy atom. The van der Waals surface area contributed by atoms with Gasteiger partial charge in [-0.05, 0) is 42.4 Å². The van der Waals surface area contributed by atoms with Gasteiger partial charge in [0.05, 0.1) is 12.2 Å². The van der Waals surface area contributed by atoms with Crippen LogP contribution in [0, 0.1) is 0 Å². The van der Waals surface area contributed by atoms with Gasteiger partial charge in [0.1, 0.15) is 12.1 Å². The Labute approximate surface area is 167 Å². The highest BCUT2D eigenvalue weighted by Crippen LogP contribution is 2.28. The first kappa shape index (κ1) is 18.7. The molecule has 3 aromatic heterocycles. The van der Waals surface area contributed by atoms with E-state index in [0.29, 0.717) is 19.5 Å². The molecule has 0 spiro atoms. The molecule has 0 radical (unpaired) electrons. The van der Waals surface area contributed by atoms with Crippen LogP contribution in [-0.4, -0.2) is 43.1 Å². The van der Waals surface area contributed by atoms with Gasteiger partial charge in [-0.25, -0.2) is 0 Å². The number of nitrogens with zero attached hydrogens (tertiary/aromatic N) is 5. The molecule has 8 nitrogen and oxygen atoms in total. The van der Waals surface area contributed by atoms with Gasteiger partial charge in [-0.3, -0.25) is 14.7 Å². The van der Waals surface area contributed by atoms with Gasteiger partial charge >= 0.3 is 0 Å². The number of furan rings is 1. The molecule has 1 saturated heterocycles. The first-order chi connectivity index (χ1) is 13.7. The van der Waals surface area contributed by atoms with E-state index in [-0.39, 0.29) is 11.9 Å². The van der Waals surface area contributed by atoms with E-state index in [0.717, 1.165) is 34.7 Å². The van der Waals surface area contributed by atoms with Crippen LogP contribution in [0.2, 0.25) is 0 Å². The molecule has 9 heteroatoms. The van der Waals surface area contributed by atoms with Crippen molar-refractivity contribution in [2.24, 2.45) is 7.05 Å². The van der Waals surface area contributed by atoms with Crippen LogP contribution in [-0.2, 0) is 24.9 Å². The van der Waals surface area contributed by atoms with Crippen molar-refractivity contribution in [2.45, 2.75) is 42.2 Å². The van der Waals surface area contributed by atoms with Crippen molar-refractivity contribution in [1.82, 2.24) is 30.0 Å². The van der Waals surface area contributed by atoms with Crippen molar-refractivity contribution in [2.75, 3.05) is 6.54 Å². The number of nitrogens with one attached hydrogen (secondary N) is 1. The maximum atomic E-state index is 11.6. The number of hydrogen-bond donors (Lipinski definition) is 1. The highest BCUT2D eigenvalue weighted by Gasteiger charge is 2.24. The van der Waals surface area contributed by atoms with Crippen molar-refractivity contribution in [3.05, 3.63) is 54.3 Å². The topological polar surface area (TPSA) is 89.1 Å². The Morgan fingerprint density at radius 3 is 2.96 bits per heavy atom. The van der Waals surface area contributed by atoms with E-state index in [1.165, 1.54) is 11.8 Å². The molecule has 146 valence electrons. The highest BCUT2D eigenvalue weighted by molar-refractivity contribution is 7.99. The monoisotopic (exact) mass is 398 g/mol. The maximum absolute atomic E-state index is 11.6. The van der Waals surface area contributed by atoms with Gasteiger partial charge in [0, 0.05) is 38.8 Å². The zero-order valence-electron chi connectivity index (χ0n) is 15.6. The molecule has 1 atom stereocenters. The Hall–Kier alpha value is -2.65. The van der Waals surface area contributed by atoms with Crippen molar-refractivity contribution < 1.29 is 9.21 Å². The number of hydrogen-bond acceptors (Lipinski definition) is 7. The van der Waals surface area contributed by atoms with Crippen LogP contribution in [0.25, 0.3) is 0 Å². The molecule has 28 heavy (non-hydrogen) atoms. The lowest BCUT2D eigenvalue weighted by molar-refractivity contribution is -0.119. The summed E-state index contributed by atoms with van der Waals surface area (Å²) in [5, 5.41) is 12.6. The summed E-state index contributed by atoms with van der Waals surface area (Å²) in [5.74, 6) is 0.994. The maximum Gasteiger partial charge on any atom is 0.220 e. The van der Waals surface area contributed by atoms with Crippen LogP contribution in [0.4, 0.5) is 0 Å². The van der Waals surface area contributed by atoms with Crippen molar-refractivity contribution >= 4 is 17.7 Å². The first-order valence-electron chi connectivity index (χ1n) is 9.18. The molecular formula is C19H22N6O2S. The van der Waals surface area contributed by atoms with Gasteiger partial charge in [-0.1, -0.05) is 6.07 Å². The predicted molar refractivity (Wildman–Crippen MR) is 103 cm³/mol. The number of pyridine rings is 1. The van der Waals surface area contributed by atoms with Crippen LogP contribution < -0.4 is 5.32 Å². The van der Waals surface area contributed by atoms with Gasteiger partial charge in [-0.2, -0.15) is 0 Å². The van der Waals surface area contributed by atoms with Crippen molar-refractivity contribution in [1.29, 1.82) is 0 Å². The third kappa shape index (κ3) is 4.79. The van der Waals surface area contributed by atoms with Gasteiger partial charge in [0.2, 0.25) is 5.91 Å².